The van der Waals surface area contributed by atoms with E-state index in [9.17, 15) is 12.8 Å². The van der Waals surface area contributed by atoms with Crippen molar-refractivity contribution < 1.29 is 22.1 Å². The third-order valence-electron chi connectivity index (χ3n) is 3.64. The van der Waals surface area contributed by atoms with Crippen molar-refractivity contribution in [2.24, 2.45) is 0 Å². The Kier molecular flexibility index (Phi) is 6.46. The molecule has 1 saturated heterocycles. The molecule has 2 aromatic rings. The highest BCUT2D eigenvalue weighted by molar-refractivity contribution is 7.85. The van der Waals surface area contributed by atoms with Crippen LogP contribution in [0.2, 0.25) is 0 Å². The van der Waals surface area contributed by atoms with Crippen LogP contribution in [0.3, 0.4) is 0 Å². The van der Waals surface area contributed by atoms with Crippen LogP contribution in [0.1, 0.15) is 17.7 Å². The highest BCUT2D eigenvalue weighted by atomic mass is 32.2. The first-order chi connectivity index (χ1) is 11.8. The fourth-order valence-corrected chi connectivity index (χ4v) is 2.49. The first-order valence-electron chi connectivity index (χ1n) is 7.79. The zero-order chi connectivity index (χ0) is 18.4. The SMILES string of the molecule is Cc1ccc(OC[C@@H]2CCN2)c(F)n1.Cc1ccc(S(=O)(=O)O)cc1. The molecule has 3 rings (SSSR count). The Morgan fingerprint density at radius 3 is 2.36 bits per heavy atom. The maximum atomic E-state index is 13.2. The Labute approximate surface area is 146 Å². The lowest BCUT2D eigenvalue weighted by Gasteiger charge is -2.27. The summed E-state index contributed by atoms with van der Waals surface area (Å²) in [4.78, 5) is 3.62. The highest BCUT2D eigenvalue weighted by Crippen LogP contribution is 2.16. The monoisotopic (exact) mass is 368 g/mol. The molecule has 25 heavy (non-hydrogen) atoms. The van der Waals surface area contributed by atoms with E-state index in [1.165, 1.54) is 12.1 Å². The molecule has 1 aliphatic rings. The lowest BCUT2D eigenvalue weighted by Crippen LogP contribution is -2.46. The predicted molar refractivity (Wildman–Crippen MR) is 91.8 cm³/mol. The number of pyridine rings is 1. The van der Waals surface area contributed by atoms with Gasteiger partial charge in [0.05, 0.1) is 4.90 Å². The highest BCUT2D eigenvalue weighted by Gasteiger charge is 2.17. The molecule has 6 nitrogen and oxygen atoms in total. The van der Waals surface area contributed by atoms with Gasteiger partial charge in [0.15, 0.2) is 5.75 Å². The standard InChI is InChI=1S/C10H13FN2O.C7H8O3S/c1-7-2-3-9(10(11)13-7)14-6-8-4-5-12-8;1-6-2-4-7(5-3-6)11(8,9)10/h2-3,8,12H,4-6H2,1H3;2-5H,1H3,(H,8,9,10)/t8-;/m0./s1. The van der Waals surface area contributed by atoms with Crippen molar-refractivity contribution in [3.05, 3.63) is 53.6 Å². The summed E-state index contributed by atoms with van der Waals surface area (Å²) in [7, 11) is -4.02. The minimum atomic E-state index is -4.02. The second-order valence-corrected chi connectivity index (χ2v) is 7.20. The lowest BCUT2D eigenvalue weighted by atomic mass is 10.1. The molecular weight excluding hydrogens is 347 g/mol. The van der Waals surface area contributed by atoms with Gasteiger partial charge < -0.3 is 10.1 Å². The van der Waals surface area contributed by atoms with Gasteiger partial charge in [-0.15, -0.1) is 0 Å². The Bertz CT molecular complexity index is 806. The van der Waals surface area contributed by atoms with Crippen LogP contribution < -0.4 is 10.1 Å². The molecule has 0 radical (unpaired) electrons. The topological polar surface area (TPSA) is 88.5 Å². The first-order valence-corrected chi connectivity index (χ1v) is 9.23. The lowest BCUT2D eigenvalue weighted by molar-refractivity contribution is 0.209. The number of aryl methyl sites for hydroxylation is 2. The van der Waals surface area contributed by atoms with Gasteiger partial charge in [-0.2, -0.15) is 12.8 Å². The van der Waals surface area contributed by atoms with Crippen molar-refractivity contribution in [1.29, 1.82) is 0 Å². The molecule has 0 aliphatic carbocycles. The number of nitrogens with zero attached hydrogens (tertiary/aromatic N) is 1. The van der Waals surface area contributed by atoms with Gasteiger partial charge in [-0.05, 0) is 51.1 Å². The molecule has 1 atom stereocenters. The average molecular weight is 368 g/mol. The molecule has 2 N–H and O–H groups in total. The smallest absolute Gasteiger partial charge is 0.294 e. The summed E-state index contributed by atoms with van der Waals surface area (Å²) in [6.45, 7) is 5.14. The molecule has 0 amide bonds. The number of hydrogen-bond acceptors (Lipinski definition) is 5. The fraction of sp³-hybridized carbons (Fsp3) is 0.353. The van der Waals surface area contributed by atoms with E-state index in [-0.39, 0.29) is 10.6 Å². The van der Waals surface area contributed by atoms with E-state index in [0.717, 1.165) is 18.5 Å². The van der Waals surface area contributed by atoms with Crippen molar-refractivity contribution in [2.45, 2.75) is 31.2 Å². The summed E-state index contributed by atoms with van der Waals surface area (Å²) >= 11 is 0. The normalized spacial score (nSPS) is 16.4. The fourth-order valence-electron chi connectivity index (χ4n) is 2.01. The summed E-state index contributed by atoms with van der Waals surface area (Å²) in [5.41, 5.74) is 1.62. The maximum absolute atomic E-state index is 13.2. The number of rotatable bonds is 4. The average Bonchev–Trinajstić information content (AvgIpc) is 2.48. The van der Waals surface area contributed by atoms with Crippen LogP contribution in [0.25, 0.3) is 0 Å². The van der Waals surface area contributed by atoms with Crippen LogP contribution in [0.5, 0.6) is 5.75 Å². The molecule has 8 heteroatoms. The van der Waals surface area contributed by atoms with E-state index in [1.54, 1.807) is 31.2 Å². The molecule has 1 aromatic carbocycles. The van der Waals surface area contributed by atoms with Gasteiger partial charge >= 0.3 is 0 Å². The van der Waals surface area contributed by atoms with Crippen LogP contribution in [0, 0.1) is 19.8 Å². The number of ether oxygens (including phenoxy) is 1. The molecule has 1 aromatic heterocycles. The number of hydrogen-bond donors (Lipinski definition) is 2. The van der Waals surface area contributed by atoms with Gasteiger partial charge in [-0.1, -0.05) is 17.7 Å². The third-order valence-corrected chi connectivity index (χ3v) is 4.51. The summed E-state index contributed by atoms with van der Waals surface area (Å²) in [6, 6.07) is 9.72. The zero-order valence-corrected chi connectivity index (χ0v) is 14.9. The van der Waals surface area contributed by atoms with Crippen LogP contribution in [-0.4, -0.2) is 37.1 Å². The number of nitrogens with one attached hydrogen (secondary N) is 1. The van der Waals surface area contributed by atoms with E-state index in [2.05, 4.69) is 10.3 Å². The van der Waals surface area contributed by atoms with E-state index in [4.69, 9.17) is 9.29 Å². The van der Waals surface area contributed by atoms with Crippen molar-refractivity contribution >= 4 is 10.1 Å². The molecule has 136 valence electrons. The van der Waals surface area contributed by atoms with Crippen LogP contribution in [-0.2, 0) is 10.1 Å². The Morgan fingerprint density at radius 2 is 1.88 bits per heavy atom. The van der Waals surface area contributed by atoms with E-state index in [1.807, 2.05) is 6.92 Å². The zero-order valence-electron chi connectivity index (χ0n) is 14.1. The van der Waals surface area contributed by atoms with Crippen molar-refractivity contribution in [2.75, 3.05) is 13.2 Å². The van der Waals surface area contributed by atoms with E-state index in [0.29, 0.717) is 18.3 Å². The molecule has 2 heterocycles. The van der Waals surface area contributed by atoms with Gasteiger partial charge in [-0.25, -0.2) is 4.98 Å². The van der Waals surface area contributed by atoms with Crippen molar-refractivity contribution in [1.82, 2.24) is 10.3 Å². The minimum absolute atomic E-state index is 0.0666. The van der Waals surface area contributed by atoms with Gasteiger partial charge in [0, 0.05) is 11.7 Å². The molecule has 0 spiro atoms. The molecular formula is C17H21FN2O4S. The summed E-state index contributed by atoms with van der Waals surface area (Å²) in [5.74, 6) is -0.284. The molecule has 0 bridgehead atoms. The van der Waals surface area contributed by atoms with E-state index >= 15 is 0 Å². The Hall–Kier alpha value is -2.03. The molecule has 1 fully saturated rings. The Balaban J connectivity index is 0.000000186. The van der Waals surface area contributed by atoms with Gasteiger partial charge in [0.25, 0.3) is 16.1 Å². The number of halogens is 1. The van der Waals surface area contributed by atoms with Gasteiger partial charge in [0.1, 0.15) is 6.61 Å². The number of aromatic nitrogens is 1. The van der Waals surface area contributed by atoms with Crippen LogP contribution in [0.15, 0.2) is 41.3 Å². The second-order valence-electron chi connectivity index (χ2n) is 5.78. The Morgan fingerprint density at radius 1 is 1.24 bits per heavy atom. The number of benzene rings is 1. The molecule has 0 unspecified atom stereocenters. The summed E-state index contributed by atoms with van der Waals surface area (Å²) in [6.07, 6.45) is 1.10. The quantitative estimate of drug-likeness (QED) is 0.637. The van der Waals surface area contributed by atoms with Crippen molar-refractivity contribution in [3.8, 4) is 5.75 Å². The summed E-state index contributed by atoms with van der Waals surface area (Å²) < 4.78 is 48.0. The minimum Gasteiger partial charge on any atom is -0.487 e. The second kappa shape index (κ2) is 8.37. The van der Waals surface area contributed by atoms with E-state index < -0.39 is 16.1 Å². The molecule has 0 saturated carbocycles. The van der Waals surface area contributed by atoms with Crippen molar-refractivity contribution in [3.63, 3.8) is 0 Å². The largest absolute Gasteiger partial charge is 0.487 e. The van der Waals surface area contributed by atoms with Gasteiger partial charge in [-0.3, -0.25) is 4.55 Å². The van der Waals surface area contributed by atoms with Crippen LogP contribution >= 0.6 is 0 Å². The van der Waals surface area contributed by atoms with Crippen LogP contribution in [0.4, 0.5) is 4.39 Å². The predicted octanol–water partition coefficient (Wildman–Crippen LogP) is 2.51. The van der Waals surface area contributed by atoms with Gasteiger partial charge in [0.2, 0.25) is 0 Å². The molecule has 1 aliphatic heterocycles. The third kappa shape index (κ3) is 6.08. The first kappa shape index (κ1) is 19.3. The summed E-state index contributed by atoms with van der Waals surface area (Å²) in [5, 5.41) is 3.18. The maximum Gasteiger partial charge on any atom is 0.294 e.